The molecule has 0 N–H and O–H groups in total. The van der Waals surface area contributed by atoms with Gasteiger partial charge in [-0.1, -0.05) is 38.0 Å². The van der Waals surface area contributed by atoms with Gasteiger partial charge in [0.1, 0.15) is 0 Å². The highest BCUT2D eigenvalue weighted by molar-refractivity contribution is 5.92. The number of rotatable bonds is 3. The maximum Gasteiger partial charge on any atom is 0.303 e. The Hall–Kier alpha value is -1.71. The number of esters is 1. The van der Waals surface area contributed by atoms with E-state index in [9.17, 15) is 14.4 Å². The average molecular weight is 385 g/mol. The third-order valence-electron chi connectivity index (χ3n) is 8.96. The Morgan fingerprint density at radius 1 is 1.14 bits per heavy atom. The highest BCUT2D eigenvalue weighted by Crippen LogP contribution is 2.68. The van der Waals surface area contributed by atoms with Gasteiger partial charge in [0, 0.05) is 24.2 Å². The van der Waals surface area contributed by atoms with E-state index < -0.39 is 11.4 Å². The fourth-order valence-corrected chi connectivity index (χ4v) is 6.89. The highest BCUT2D eigenvalue weighted by Gasteiger charge is 2.62. The van der Waals surface area contributed by atoms with Crippen molar-refractivity contribution in [2.45, 2.75) is 72.6 Å². The Kier molecular flexibility index (Phi) is 4.48. The molecule has 4 aliphatic carbocycles. The van der Waals surface area contributed by atoms with Gasteiger partial charge in [-0.3, -0.25) is 14.4 Å². The zero-order chi connectivity index (χ0) is 20.3. The number of carbonyl (C=O) groups excluding carboxylic acids is 3. The third kappa shape index (κ3) is 2.59. The van der Waals surface area contributed by atoms with E-state index in [2.05, 4.69) is 26.8 Å². The summed E-state index contributed by atoms with van der Waals surface area (Å²) >= 11 is 0. The highest BCUT2D eigenvalue weighted by atomic mass is 16.5. The first-order valence-electron chi connectivity index (χ1n) is 10.7. The van der Waals surface area contributed by atoms with Crippen LogP contribution in [-0.2, 0) is 19.1 Å². The predicted octanol–water partition coefficient (Wildman–Crippen LogP) is 4.58. The van der Waals surface area contributed by atoms with Crippen molar-refractivity contribution in [3.05, 3.63) is 23.3 Å². The van der Waals surface area contributed by atoms with E-state index in [1.54, 1.807) is 0 Å². The standard InChI is InChI=1S/C24H32O4/c1-15(25)28-14-21(27)24(4)12-9-20-18-6-5-16-13-17(26)7-10-22(16,2)19(18)8-11-23(20,24)3/h8,13,18,20H,5-7,9-12,14H2,1-4H3/t18?,20?,22-,23-,24+/m0/s1. The quantitative estimate of drug-likeness (QED) is 0.528. The summed E-state index contributed by atoms with van der Waals surface area (Å²) in [5.41, 5.74) is 2.33. The van der Waals surface area contributed by atoms with Gasteiger partial charge in [0.25, 0.3) is 0 Å². The van der Waals surface area contributed by atoms with Crippen molar-refractivity contribution in [3.63, 3.8) is 0 Å². The molecule has 4 nitrogen and oxygen atoms in total. The molecule has 0 aromatic rings. The van der Waals surface area contributed by atoms with Crippen LogP contribution in [0.2, 0.25) is 0 Å². The lowest BCUT2D eigenvalue weighted by Crippen LogP contribution is -2.50. The number of ether oxygens (including phenoxy) is 1. The molecule has 0 amide bonds. The van der Waals surface area contributed by atoms with E-state index in [-0.39, 0.29) is 29.0 Å². The molecule has 4 heteroatoms. The Labute approximate surface area is 167 Å². The number of hydrogen-bond acceptors (Lipinski definition) is 4. The van der Waals surface area contributed by atoms with Crippen LogP contribution in [0, 0.1) is 28.1 Å². The average Bonchev–Trinajstić information content (AvgIpc) is 2.92. The zero-order valence-corrected chi connectivity index (χ0v) is 17.6. The molecule has 2 unspecified atom stereocenters. The minimum absolute atomic E-state index is 0.0267. The Morgan fingerprint density at radius 2 is 1.89 bits per heavy atom. The number of carbonyl (C=O) groups is 3. The first kappa shape index (κ1) is 19.6. The molecule has 152 valence electrons. The summed E-state index contributed by atoms with van der Waals surface area (Å²) in [5.74, 6) is 0.924. The molecular formula is C24H32O4. The van der Waals surface area contributed by atoms with E-state index >= 15 is 0 Å². The van der Waals surface area contributed by atoms with Crippen LogP contribution in [-0.4, -0.2) is 24.1 Å². The summed E-state index contributed by atoms with van der Waals surface area (Å²) in [7, 11) is 0. The lowest BCUT2D eigenvalue weighted by molar-refractivity contribution is -0.152. The summed E-state index contributed by atoms with van der Waals surface area (Å²) in [4.78, 5) is 36.2. The molecule has 0 aromatic carbocycles. The fourth-order valence-electron chi connectivity index (χ4n) is 6.89. The normalized spacial score (nSPS) is 41.9. The van der Waals surface area contributed by atoms with Gasteiger partial charge < -0.3 is 4.74 Å². The summed E-state index contributed by atoms with van der Waals surface area (Å²) in [6, 6.07) is 0. The van der Waals surface area contributed by atoms with Crippen LogP contribution in [0.15, 0.2) is 23.3 Å². The van der Waals surface area contributed by atoms with Crippen LogP contribution in [0.4, 0.5) is 0 Å². The summed E-state index contributed by atoms with van der Waals surface area (Å²) in [5, 5.41) is 0. The molecule has 0 aromatic heterocycles. The lowest BCUT2D eigenvalue weighted by atomic mass is 9.49. The number of hydrogen-bond donors (Lipinski definition) is 0. The first-order valence-corrected chi connectivity index (χ1v) is 10.7. The second-order valence-corrected chi connectivity index (χ2v) is 10.1. The SMILES string of the molecule is CC(=O)OCC(=O)[C@@]1(C)CCC2C3CCC4=CC(=O)CC[C@]4(C)C3=CC[C@@]21C. The van der Waals surface area contributed by atoms with Crippen LogP contribution in [0.25, 0.3) is 0 Å². The monoisotopic (exact) mass is 384 g/mol. The smallest absolute Gasteiger partial charge is 0.303 e. The van der Waals surface area contributed by atoms with Crippen LogP contribution in [0.5, 0.6) is 0 Å². The number of fused-ring (bicyclic) bond motifs is 5. The summed E-state index contributed by atoms with van der Waals surface area (Å²) in [6.45, 7) is 7.94. The molecule has 0 aliphatic heterocycles. The van der Waals surface area contributed by atoms with Crippen molar-refractivity contribution in [2.75, 3.05) is 6.61 Å². The fraction of sp³-hybridized carbons (Fsp3) is 0.708. The maximum absolute atomic E-state index is 13.1. The van der Waals surface area contributed by atoms with E-state index in [1.807, 2.05) is 6.08 Å². The largest absolute Gasteiger partial charge is 0.458 e. The van der Waals surface area contributed by atoms with E-state index in [0.29, 0.717) is 18.3 Å². The minimum Gasteiger partial charge on any atom is -0.458 e. The second-order valence-electron chi connectivity index (χ2n) is 10.1. The molecule has 2 saturated carbocycles. The number of allylic oxidation sites excluding steroid dienone is 4. The van der Waals surface area contributed by atoms with Gasteiger partial charge in [0.2, 0.25) is 0 Å². The maximum atomic E-state index is 13.1. The van der Waals surface area contributed by atoms with Gasteiger partial charge in [-0.15, -0.1) is 0 Å². The van der Waals surface area contributed by atoms with Crippen molar-refractivity contribution in [2.24, 2.45) is 28.1 Å². The molecule has 0 bridgehead atoms. The molecule has 0 radical (unpaired) electrons. The van der Waals surface area contributed by atoms with Crippen molar-refractivity contribution >= 4 is 17.5 Å². The topological polar surface area (TPSA) is 60.4 Å². The second kappa shape index (κ2) is 6.40. The van der Waals surface area contributed by atoms with Crippen molar-refractivity contribution in [3.8, 4) is 0 Å². The summed E-state index contributed by atoms with van der Waals surface area (Å²) in [6.07, 6.45) is 10.8. The van der Waals surface area contributed by atoms with Crippen molar-refractivity contribution in [1.29, 1.82) is 0 Å². The van der Waals surface area contributed by atoms with Crippen molar-refractivity contribution in [1.82, 2.24) is 0 Å². The number of Topliss-reactive ketones (excluding diaryl/α,β-unsaturated/α-hetero) is 1. The van der Waals surface area contributed by atoms with Gasteiger partial charge in [0.05, 0.1) is 0 Å². The van der Waals surface area contributed by atoms with Crippen LogP contribution in [0.1, 0.15) is 72.6 Å². The van der Waals surface area contributed by atoms with Crippen molar-refractivity contribution < 1.29 is 19.1 Å². The van der Waals surface area contributed by atoms with E-state index in [1.165, 1.54) is 18.1 Å². The predicted molar refractivity (Wildman–Crippen MR) is 106 cm³/mol. The van der Waals surface area contributed by atoms with E-state index in [4.69, 9.17) is 4.74 Å². The molecule has 5 atom stereocenters. The Bertz CT molecular complexity index is 805. The molecular weight excluding hydrogens is 352 g/mol. The first-order chi connectivity index (χ1) is 13.1. The van der Waals surface area contributed by atoms with Gasteiger partial charge >= 0.3 is 5.97 Å². The third-order valence-corrected chi connectivity index (χ3v) is 8.96. The minimum atomic E-state index is -0.450. The van der Waals surface area contributed by atoms with E-state index in [0.717, 1.165) is 38.5 Å². The van der Waals surface area contributed by atoms with Gasteiger partial charge in [-0.05, 0) is 61.9 Å². The molecule has 4 rings (SSSR count). The van der Waals surface area contributed by atoms with Gasteiger partial charge in [0.15, 0.2) is 18.2 Å². The number of ketones is 2. The molecule has 4 aliphatic rings. The summed E-state index contributed by atoms with van der Waals surface area (Å²) < 4.78 is 5.07. The van der Waals surface area contributed by atoms with Crippen LogP contribution >= 0.6 is 0 Å². The molecule has 28 heavy (non-hydrogen) atoms. The molecule has 0 saturated heterocycles. The Morgan fingerprint density at radius 3 is 2.61 bits per heavy atom. The lowest BCUT2D eigenvalue weighted by Gasteiger charge is -2.55. The van der Waals surface area contributed by atoms with Gasteiger partial charge in [-0.2, -0.15) is 0 Å². The van der Waals surface area contributed by atoms with Crippen LogP contribution in [0.3, 0.4) is 0 Å². The molecule has 0 heterocycles. The van der Waals surface area contributed by atoms with Crippen LogP contribution < -0.4 is 0 Å². The van der Waals surface area contributed by atoms with Gasteiger partial charge in [-0.25, -0.2) is 0 Å². The zero-order valence-electron chi connectivity index (χ0n) is 17.6. The molecule has 2 fully saturated rings. The molecule has 0 spiro atoms. The Balaban J connectivity index is 1.66.